The first kappa shape index (κ1) is 11.9. The van der Waals surface area contributed by atoms with Gasteiger partial charge in [-0.3, -0.25) is 9.59 Å². The normalized spacial score (nSPS) is 9.31. The molecule has 0 aliphatic heterocycles. The Morgan fingerprint density at radius 2 is 2.08 bits per heavy atom. The minimum absolute atomic E-state index is 0.00912. The van der Waals surface area contributed by atoms with Crippen LogP contribution in [0.5, 0.6) is 0 Å². The van der Waals surface area contributed by atoms with Crippen LogP contribution in [0.15, 0.2) is 0 Å². The van der Waals surface area contributed by atoms with Crippen molar-refractivity contribution in [3.05, 3.63) is 0 Å². The van der Waals surface area contributed by atoms with Crippen LogP contribution >= 0.6 is 0 Å². The number of nitrogens with one attached hydrogen (secondary N) is 1. The zero-order chi connectivity index (χ0) is 10.1. The van der Waals surface area contributed by atoms with Crippen LogP contribution in [0, 0.1) is 0 Å². The van der Waals surface area contributed by atoms with E-state index in [0.29, 0.717) is 20.4 Å². The Kier molecular flexibility index (Phi) is 6.94. The Morgan fingerprint density at radius 3 is 2.62 bits per heavy atom. The first-order chi connectivity index (χ1) is 6.16. The maximum absolute atomic E-state index is 10.6. The molecule has 7 heteroatoms. The predicted octanol–water partition coefficient (Wildman–Crippen LogP) is -0.913. The third kappa shape index (κ3) is 8.83. The van der Waals surface area contributed by atoms with Crippen LogP contribution in [-0.2, 0) is 4.74 Å². The fourth-order valence-electron chi connectivity index (χ4n) is 0.570. The van der Waals surface area contributed by atoms with E-state index in [0.717, 1.165) is 0 Å². The highest BCUT2D eigenvalue weighted by atomic mass is 16.5. The maximum Gasteiger partial charge on any atom is 0.405 e. The van der Waals surface area contributed by atoms with Crippen molar-refractivity contribution in [3.63, 3.8) is 0 Å². The van der Waals surface area contributed by atoms with Gasteiger partial charge in [0.15, 0.2) is 0 Å². The molecule has 0 rings (SSSR count). The number of aliphatic hydroxyl groups is 1. The van der Waals surface area contributed by atoms with E-state index < -0.39 is 11.7 Å². The molecule has 13 heavy (non-hydrogen) atoms. The van der Waals surface area contributed by atoms with Gasteiger partial charge in [0.25, 0.3) is 11.7 Å². The van der Waals surface area contributed by atoms with Crippen molar-refractivity contribution in [1.29, 1.82) is 0 Å². The molecule has 0 aliphatic rings. The van der Waals surface area contributed by atoms with Crippen molar-refractivity contribution in [3.8, 4) is 0 Å². The highest BCUT2D eigenvalue weighted by Gasteiger charge is 2.12. The molecule has 1 radical (unpaired) electrons. The second-order valence-corrected chi connectivity index (χ2v) is 2.12. The summed E-state index contributed by atoms with van der Waals surface area (Å²) in [7, 11) is 0.450. The molecule has 0 saturated heterocycles. The molecule has 0 amide bonds. The number of carbonyl (C=O) groups is 2. The number of rotatable bonds is 7. The van der Waals surface area contributed by atoms with E-state index >= 15 is 0 Å². The van der Waals surface area contributed by atoms with Gasteiger partial charge in [0, 0.05) is 13.1 Å². The molecule has 0 atom stereocenters. The smallest absolute Gasteiger partial charge is 0.405 e. The van der Waals surface area contributed by atoms with E-state index in [2.05, 4.69) is 10.1 Å². The molecule has 73 valence electrons. The summed E-state index contributed by atoms with van der Waals surface area (Å²) < 4.78 is 4.48. The quantitative estimate of drug-likeness (QED) is 0.353. The molecule has 0 fully saturated rings. The van der Waals surface area contributed by atoms with Crippen LogP contribution in [0.3, 0.4) is 0 Å². The van der Waals surface area contributed by atoms with Gasteiger partial charge in [0.05, 0.1) is 6.61 Å². The van der Waals surface area contributed by atoms with Gasteiger partial charge in [-0.2, -0.15) is 0 Å². The Hall–Kier alpha value is -1.08. The Bertz CT molecular complexity index is 174. The molecule has 0 saturated carbocycles. The Balaban J connectivity index is 3.22. The van der Waals surface area contributed by atoms with Gasteiger partial charge < -0.3 is 20.3 Å². The average molecular weight is 188 g/mol. The lowest BCUT2D eigenvalue weighted by Crippen LogP contribution is -2.26. The largest absolute Gasteiger partial charge is 0.489 e. The minimum atomic E-state index is -1.33. The third-order valence-electron chi connectivity index (χ3n) is 1.05. The van der Waals surface area contributed by atoms with Crippen molar-refractivity contribution in [2.24, 2.45) is 0 Å². The van der Waals surface area contributed by atoms with E-state index in [4.69, 9.17) is 10.2 Å². The molecular formula is C6H11BNO5. The van der Waals surface area contributed by atoms with Gasteiger partial charge in [-0.1, -0.05) is 0 Å². The summed E-state index contributed by atoms with van der Waals surface area (Å²) >= 11 is 0. The summed E-state index contributed by atoms with van der Waals surface area (Å²) in [5, 5.41) is 19.2. The van der Waals surface area contributed by atoms with E-state index in [1.807, 2.05) is 0 Å². The lowest BCUT2D eigenvalue weighted by atomic mass is 9.80. The molecule has 0 heterocycles. The Morgan fingerprint density at radius 1 is 1.38 bits per heavy atom. The number of aliphatic hydroxyl groups excluding tert-OH is 1. The topological polar surface area (TPSA) is 95.9 Å². The van der Waals surface area contributed by atoms with Crippen LogP contribution in [0.4, 0.5) is 9.59 Å². The fraction of sp³-hybridized carbons (Fsp3) is 0.667. The minimum Gasteiger partial charge on any atom is -0.489 e. The Labute approximate surface area is 76.1 Å². The molecule has 6 nitrogen and oxygen atoms in total. The molecule has 0 aromatic carbocycles. The lowest BCUT2D eigenvalue weighted by molar-refractivity contribution is 0.171. The molecule has 0 unspecified atom stereocenters. The first-order valence-corrected chi connectivity index (χ1v) is 3.73. The van der Waals surface area contributed by atoms with E-state index in [-0.39, 0.29) is 13.2 Å². The van der Waals surface area contributed by atoms with Crippen molar-refractivity contribution in [2.75, 3.05) is 26.3 Å². The maximum atomic E-state index is 10.6. The van der Waals surface area contributed by atoms with Gasteiger partial charge in [0.1, 0.15) is 6.61 Å². The van der Waals surface area contributed by atoms with E-state index in [1.165, 1.54) is 0 Å². The van der Waals surface area contributed by atoms with Crippen LogP contribution in [0.25, 0.3) is 0 Å². The van der Waals surface area contributed by atoms with Crippen molar-refractivity contribution >= 4 is 19.0 Å². The van der Waals surface area contributed by atoms with Crippen molar-refractivity contribution in [1.82, 2.24) is 5.32 Å². The number of carboxylic acid groups (broad SMARTS) is 1. The van der Waals surface area contributed by atoms with E-state index in [1.54, 1.807) is 0 Å². The summed E-state index contributed by atoms with van der Waals surface area (Å²) in [5.41, 5.74) is 0. The second-order valence-electron chi connectivity index (χ2n) is 2.12. The van der Waals surface area contributed by atoms with Crippen LogP contribution in [-0.4, -0.2) is 55.5 Å². The molecule has 0 aromatic heterocycles. The number of carbonyl (C=O) groups excluding carboxylic acids is 1. The van der Waals surface area contributed by atoms with Gasteiger partial charge in [-0.05, 0) is 0 Å². The summed E-state index contributed by atoms with van der Waals surface area (Å²) in [6.45, 7) is 0.901. The molecular weight excluding hydrogens is 177 g/mol. The number of ether oxygens (including phenoxy) is 1. The van der Waals surface area contributed by atoms with Gasteiger partial charge in [-0.15, -0.1) is 0 Å². The van der Waals surface area contributed by atoms with Gasteiger partial charge >= 0.3 is 7.28 Å². The molecule has 0 aromatic rings. The lowest BCUT2D eigenvalue weighted by Gasteiger charge is -2.03. The third-order valence-corrected chi connectivity index (χ3v) is 1.05. The molecule has 0 aliphatic carbocycles. The van der Waals surface area contributed by atoms with Gasteiger partial charge in [0.2, 0.25) is 0 Å². The van der Waals surface area contributed by atoms with E-state index in [9.17, 15) is 9.59 Å². The monoisotopic (exact) mass is 188 g/mol. The molecule has 3 N–H and O–H groups in total. The van der Waals surface area contributed by atoms with Crippen molar-refractivity contribution in [2.45, 2.75) is 0 Å². The molecule has 0 bridgehead atoms. The highest BCUT2D eigenvalue weighted by molar-refractivity contribution is 6.94. The first-order valence-electron chi connectivity index (χ1n) is 3.73. The zero-order valence-corrected chi connectivity index (χ0v) is 7.02. The summed E-state index contributed by atoms with van der Waals surface area (Å²) in [5.74, 6) is -2.20. The zero-order valence-electron chi connectivity index (χ0n) is 7.02. The summed E-state index contributed by atoms with van der Waals surface area (Å²) in [4.78, 5) is 20.5. The standard InChI is InChI=1S/C6H11BNO5/c9-3-1-8-2-4-13-6(12)7-5(10)11/h8-9H,1-4H2,(H,10,11). The fourth-order valence-corrected chi connectivity index (χ4v) is 0.570. The highest BCUT2D eigenvalue weighted by Crippen LogP contribution is 1.79. The predicted molar refractivity (Wildman–Crippen MR) is 45.1 cm³/mol. The summed E-state index contributed by atoms with van der Waals surface area (Å²) in [6, 6.07) is 0. The van der Waals surface area contributed by atoms with Crippen molar-refractivity contribution < 1.29 is 24.5 Å². The average Bonchev–Trinajstić information content (AvgIpc) is 2.02. The number of hydrogen-bond donors (Lipinski definition) is 3. The second kappa shape index (κ2) is 7.57. The SMILES string of the molecule is O=C(O)[B]C(=O)OCCNCCO. The molecule has 0 spiro atoms. The summed E-state index contributed by atoms with van der Waals surface area (Å²) in [6.07, 6.45) is 0. The van der Waals surface area contributed by atoms with Crippen LogP contribution in [0.1, 0.15) is 0 Å². The number of hydrogen-bond acceptors (Lipinski definition) is 5. The van der Waals surface area contributed by atoms with Crippen LogP contribution in [0.2, 0.25) is 0 Å². The van der Waals surface area contributed by atoms with Crippen LogP contribution < -0.4 is 5.32 Å². The van der Waals surface area contributed by atoms with Gasteiger partial charge in [-0.25, -0.2) is 0 Å².